The number of aromatic nitrogens is 4. The fourth-order valence-electron chi connectivity index (χ4n) is 4.46. The normalized spacial score (nSPS) is 11.5. The lowest BCUT2D eigenvalue weighted by Crippen LogP contribution is -2.41. The van der Waals surface area contributed by atoms with Gasteiger partial charge >= 0.3 is 6.18 Å². The summed E-state index contributed by atoms with van der Waals surface area (Å²) in [5, 5.41) is 9.43. The molecule has 198 valence electrons. The van der Waals surface area contributed by atoms with E-state index in [0.29, 0.717) is 22.4 Å². The topological polar surface area (TPSA) is 73.1 Å². The number of benzene rings is 3. The van der Waals surface area contributed by atoms with E-state index < -0.39 is 25.2 Å². The maximum absolute atomic E-state index is 13.5. The predicted molar refractivity (Wildman–Crippen MR) is 142 cm³/mol. The van der Waals surface area contributed by atoms with Crippen molar-refractivity contribution in [3.8, 4) is 28.1 Å². The average Bonchev–Trinajstić information content (AvgIpc) is 3.39. The molecule has 10 heteroatoms. The molecule has 0 aliphatic heterocycles. The van der Waals surface area contributed by atoms with Crippen molar-refractivity contribution >= 4 is 22.4 Å². The Balaban J connectivity index is 1.42. The molecular formula is C29H24F3N5O2. The smallest absolute Gasteiger partial charge is 0.406 e. The van der Waals surface area contributed by atoms with Crippen LogP contribution in [-0.2, 0) is 11.3 Å². The van der Waals surface area contributed by atoms with Crippen LogP contribution in [0.2, 0.25) is 0 Å². The number of aryl methyl sites for hydroxylation is 1. The highest BCUT2D eigenvalue weighted by Gasteiger charge is 2.34. The van der Waals surface area contributed by atoms with E-state index in [9.17, 15) is 18.0 Å². The van der Waals surface area contributed by atoms with Gasteiger partial charge in [-0.3, -0.25) is 9.78 Å². The number of anilines is 1. The second-order valence-corrected chi connectivity index (χ2v) is 9.00. The van der Waals surface area contributed by atoms with E-state index in [2.05, 4.69) is 15.3 Å². The molecule has 0 saturated carbocycles. The molecule has 39 heavy (non-hydrogen) atoms. The zero-order valence-corrected chi connectivity index (χ0v) is 21.2. The third-order valence-electron chi connectivity index (χ3n) is 6.24. The minimum atomic E-state index is -4.59. The van der Waals surface area contributed by atoms with E-state index in [0.717, 1.165) is 27.1 Å². The third kappa shape index (κ3) is 5.74. The van der Waals surface area contributed by atoms with Crippen LogP contribution in [-0.4, -0.2) is 45.7 Å². The molecule has 7 nitrogen and oxygen atoms in total. The summed E-state index contributed by atoms with van der Waals surface area (Å²) in [5.41, 5.74) is 4.00. The van der Waals surface area contributed by atoms with Gasteiger partial charge in [-0.05, 0) is 48.2 Å². The van der Waals surface area contributed by atoms with Crippen molar-refractivity contribution in [3.63, 3.8) is 0 Å². The number of alkyl halides is 3. The van der Waals surface area contributed by atoms with Crippen molar-refractivity contribution in [1.82, 2.24) is 20.0 Å². The maximum Gasteiger partial charge on any atom is 0.406 e. The van der Waals surface area contributed by atoms with E-state index in [4.69, 9.17) is 4.74 Å². The summed E-state index contributed by atoms with van der Waals surface area (Å²) < 4.78 is 47.4. The first-order valence-corrected chi connectivity index (χ1v) is 12.1. The van der Waals surface area contributed by atoms with Crippen LogP contribution < -0.4 is 9.64 Å². The number of fused-ring (bicyclic) bond motifs is 1. The van der Waals surface area contributed by atoms with Gasteiger partial charge in [-0.25, -0.2) is 4.68 Å². The Bertz CT molecular complexity index is 1640. The molecule has 0 N–H and O–H groups in total. The Hall–Kier alpha value is -4.73. The third-order valence-corrected chi connectivity index (χ3v) is 6.24. The van der Waals surface area contributed by atoms with Gasteiger partial charge in [-0.15, -0.1) is 5.10 Å². The summed E-state index contributed by atoms with van der Waals surface area (Å²) in [6.07, 6.45) is -1.34. The number of pyridine rings is 1. The van der Waals surface area contributed by atoms with E-state index in [1.807, 2.05) is 31.2 Å². The molecule has 0 saturated heterocycles. The lowest BCUT2D eigenvalue weighted by molar-refractivity contribution is -0.132. The molecule has 2 aromatic heterocycles. The Kier molecular flexibility index (Phi) is 7.02. The molecule has 0 spiro atoms. The van der Waals surface area contributed by atoms with Crippen LogP contribution in [0.4, 0.5) is 18.9 Å². The minimum absolute atomic E-state index is 0.183. The summed E-state index contributed by atoms with van der Waals surface area (Å²) in [6.45, 7) is 0.0619. The summed E-state index contributed by atoms with van der Waals surface area (Å²) in [4.78, 5) is 18.2. The fourth-order valence-corrected chi connectivity index (χ4v) is 4.46. The number of nitrogens with zero attached hydrogens (tertiary/aromatic N) is 5. The van der Waals surface area contributed by atoms with Crippen molar-refractivity contribution in [3.05, 3.63) is 90.9 Å². The van der Waals surface area contributed by atoms with Crippen LogP contribution in [0.25, 0.3) is 33.2 Å². The van der Waals surface area contributed by atoms with Crippen molar-refractivity contribution in [2.24, 2.45) is 0 Å². The zero-order valence-electron chi connectivity index (χ0n) is 21.2. The SMILES string of the molecule is COc1cc(-c2cn(CC(=O)N(CC(F)(F)F)c3cccc4ccccc34)nn2)ccc1-c1ccnc(C)c1. The number of carbonyl (C=O) groups excluding carboxylic acids is 1. The molecule has 5 aromatic rings. The highest BCUT2D eigenvalue weighted by Crippen LogP contribution is 2.34. The van der Waals surface area contributed by atoms with E-state index in [1.54, 1.807) is 55.8 Å². The van der Waals surface area contributed by atoms with Crippen molar-refractivity contribution < 1.29 is 22.7 Å². The Morgan fingerprint density at radius 1 is 1.00 bits per heavy atom. The molecule has 1 amide bonds. The summed E-state index contributed by atoms with van der Waals surface area (Å²) in [5.74, 6) is -0.155. The van der Waals surface area contributed by atoms with E-state index in [1.165, 1.54) is 16.9 Å². The average molecular weight is 532 g/mol. The quantitative estimate of drug-likeness (QED) is 0.255. The second kappa shape index (κ2) is 10.6. The van der Waals surface area contributed by atoms with E-state index in [-0.39, 0.29) is 5.69 Å². The van der Waals surface area contributed by atoms with Crippen LogP contribution in [0.5, 0.6) is 5.75 Å². The maximum atomic E-state index is 13.5. The fraction of sp³-hybridized carbons (Fsp3) is 0.172. The van der Waals surface area contributed by atoms with Gasteiger partial charge < -0.3 is 9.64 Å². The predicted octanol–water partition coefficient (Wildman–Crippen LogP) is 6.07. The highest BCUT2D eigenvalue weighted by atomic mass is 19.4. The van der Waals surface area contributed by atoms with Crippen LogP contribution in [0, 0.1) is 6.92 Å². The minimum Gasteiger partial charge on any atom is -0.496 e. The largest absolute Gasteiger partial charge is 0.496 e. The van der Waals surface area contributed by atoms with Gasteiger partial charge in [0.25, 0.3) is 0 Å². The van der Waals surface area contributed by atoms with Gasteiger partial charge in [0.2, 0.25) is 5.91 Å². The molecular weight excluding hydrogens is 507 g/mol. The number of hydrogen-bond acceptors (Lipinski definition) is 5. The van der Waals surface area contributed by atoms with Gasteiger partial charge in [0.15, 0.2) is 0 Å². The Morgan fingerprint density at radius 2 is 1.79 bits per heavy atom. The van der Waals surface area contributed by atoms with Crippen LogP contribution in [0.3, 0.4) is 0 Å². The lowest BCUT2D eigenvalue weighted by Gasteiger charge is -2.25. The first-order valence-electron chi connectivity index (χ1n) is 12.1. The summed E-state index contributed by atoms with van der Waals surface area (Å²) in [6, 6.07) is 21.3. The second-order valence-electron chi connectivity index (χ2n) is 9.00. The van der Waals surface area contributed by atoms with Gasteiger partial charge in [-0.2, -0.15) is 13.2 Å². The molecule has 0 radical (unpaired) electrons. The van der Waals surface area contributed by atoms with Gasteiger partial charge in [-0.1, -0.05) is 47.7 Å². The van der Waals surface area contributed by atoms with Crippen molar-refractivity contribution in [1.29, 1.82) is 0 Å². The monoisotopic (exact) mass is 531 g/mol. The van der Waals surface area contributed by atoms with E-state index >= 15 is 0 Å². The van der Waals surface area contributed by atoms with Gasteiger partial charge in [0.05, 0.1) is 19.0 Å². The number of rotatable bonds is 7. The van der Waals surface area contributed by atoms with Crippen LogP contribution in [0.1, 0.15) is 5.69 Å². The van der Waals surface area contributed by atoms with Gasteiger partial charge in [0.1, 0.15) is 24.5 Å². The Morgan fingerprint density at radius 3 is 2.56 bits per heavy atom. The van der Waals surface area contributed by atoms with Gasteiger partial charge in [0, 0.05) is 28.4 Å². The standard InChI is InChI=1S/C29H24F3N5O2/c1-19-14-21(12-13-33-19)24-11-10-22(15-27(24)39-2)25-16-36(35-34-25)17-28(38)37(18-29(30,31)32)26-9-5-7-20-6-3-4-8-23(20)26/h3-16H,17-18H2,1-2H3. The lowest BCUT2D eigenvalue weighted by atomic mass is 10.0. The number of methoxy groups -OCH3 is 1. The number of amides is 1. The summed E-state index contributed by atoms with van der Waals surface area (Å²) in [7, 11) is 1.56. The molecule has 0 fully saturated rings. The van der Waals surface area contributed by atoms with Crippen LogP contribution in [0.15, 0.2) is 85.2 Å². The molecule has 3 aromatic carbocycles. The first-order chi connectivity index (χ1) is 18.7. The van der Waals surface area contributed by atoms with Crippen LogP contribution >= 0.6 is 0 Å². The first kappa shape index (κ1) is 25.9. The molecule has 0 atom stereocenters. The molecule has 0 aliphatic rings. The highest BCUT2D eigenvalue weighted by molar-refractivity contribution is 6.03. The number of carbonyl (C=O) groups is 1. The number of halogens is 3. The van der Waals surface area contributed by atoms with Crippen molar-refractivity contribution in [2.45, 2.75) is 19.6 Å². The molecule has 0 unspecified atom stereocenters. The van der Waals surface area contributed by atoms with Crippen molar-refractivity contribution in [2.75, 3.05) is 18.6 Å². The summed E-state index contributed by atoms with van der Waals surface area (Å²) >= 11 is 0. The molecule has 0 aliphatic carbocycles. The molecule has 0 bridgehead atoms. The molecule has 5 rings (SSSR count). The number of ether oxygens (including phenoxy) is 1. The molecule has 2 heterocycles. The number of hydrogen-bond donors (Lipinski definition) is 0. The Labute approximate surface area is 222 Å². The zero-order chi connectivity index (χ0) is 27.6.